The number of rotatable bonds is 1. The number of carbonyl (C=O) groups excluding carboxylic acids is 1. The van der Waals surface area contributed by atoms with Gasteiger partial charge in [0.1, 0.15) is 0 Å². The largest absolute Gasteiger partial charge is 0.304 e. The van der Waals surface area contributed by atoms with E-state index in [1.54, 1.807) is 24.3 Å². The molecule has 0 bridgehead atoms. The van der Waals surface area contributed by atoms with E-state index in [0.29, 0.717) is 15.9 Å². The molecule has 1 heterocycles. The maximum atomic E-state index is 10.9. The fourth-order valence-electron chi connectivity index (χ4n) is 1.02. The van der Waals surface area contributed by atoms with Crippen molar-refractivity contribution >= 4 is 52.5 Å². The van der Waals surface area contributed by atoms with Crippen LogP contribution in [-0.4, -0.2) is 16.8 Å². The van der Waals surface area contributed by atoms with Gasteiger partial charge >= 0.3 is 0 Å². The lowest BCUT2D eigenvalue weighted by Gasteiger charge is -1.96. The molecule has 1 fully saturated rings. The molecule has 1 aliphatic rings. The third-order valence-corrected chi connectivity index (χ3v) is 2.77. The van der Waals surface area contributed by atoms with Gasteiger partial charge in [0.05, 0.1) is 11.4 Å². The summed E-state index contributed by atoms with van der Waals surface area (Å²) in [7, 11) is 0. The summed E-state index contributed by atoms with van der Waals surface area (Å²) in [6, 6.07) is 7.14. The van der Waals surface area contributed by atoms with E-state index in [1.165, 1.54) is 11.8 Å². The highest BCUT2D eigenvalue weighted by Crippen LogP contribution is 2.19. The average Bonchev–Trinajstić information content (AvgIpc) is 2.56. The first-order valence-corrected chi connectivity index (χ1v) is 5.37. The zero-order chi connectivity index (χ0) is 9.97. The SMILES string of the molecule is Cl.O=C1CSC(=Nc2ccc(Cl)cc2)N1. The molecule has 0 unspecified atom stereocenters. The Labute approximate surface area is 103 Å². The Morgan fingerprint density at radius 1 is 1.33 bits per heavy atom. The lowest BCUT2D eigenvalue weighted by Crippen LogP contribution is -2.19. The molecule has 15 heavy (non-hydrogen) atoms. The molecule has 1 amide bonds. The number of aliphatic imine (C=N–C) groups is 1. The van der Waals surface area contributed by atoms with Crippen LogP contribution in [0.1, 0.15) is 0 Å². The summed E-state index contributed by atoms with van der Waals surface area (Å²) in [6.45, 7) is 0. The molecule has 6 heteroatoms. The summed E-state index contributed by atoms with van der Waals surface area (Å²) >= 11 is 7.13. The first-order chi connectivity index (χ1) is 6.74. The number of nitrogens with one attached hydrogen (secondary N) is 1. The van der Waals surface area contributed by atoms with Gasteiger partial charge in [0.25, 0.3) is 0 Å². The highest BCUT2D eigenvalue weighted by atomic mass is 35.5. The molecule has 1 N–H and O–H groups in total. The number of hydrogen-bond donors (Lipinski definition) is 1. The van der Waals surface area contributed by atoms with E-state index in [9.17, 15) is 4.79 Å². The van der Waals surface area contributed by atoms with Gasteiger partial charge in [0, 0.05) is 5.02 Å². The van der Waals surface area contributed by atoms with Crippen LogP contribution in [0.2, 0.25) is 5.02 Å². The van der Waals surface area contributed by atoms with Crippen molar-refractivity contribution in [1.82, 2.24) is 5.32 Å². The quantitative estimate of drug-likeness (QED) is 0.846. The summed E-state index contributed by atoms with van der Waals surface area (Å²) in [5.41, 5.74) is 0.791. The van der Waals surface area contributed by atoms with Crippen LogP contribution in [0.15, 0.2) is 29.3 Å². The Kier molecular flexibility index (Phi) is 4.45. The van der Waals surface area contributed by atoms with Gasteiger partial charge in [0.2, 0.25) is 5.91 Å². The molecule has 0 aromatic heterocycles. The minimum Gasteiger partial charge on any atom is -0.304 e. The maximum Gasteiger partial charge on any atom is 0.236 e. The van der Waals surface area contributed by atoms with E-state index in [4.69, 9.17) is 11.6 Å². The highest BCUT2D eigenvalue weighted by molar-refractivity contribution is 8.15. The van der Waals surface area contributed by atoms with Crippen molar-refractivity contribution in [3.63, 3.8) is 0 Å². The highest BCUT2D eigenvalue weighted by Gasteiger charge is 2.15. The topological polar surface area (TPSA) is 41.5 Å². The molecular weight excluding hydrogens is 255 g/mol. The van der Waals surface area contributed by atoms with Crippen LogP contribution in [0.4, 0.5) is 5.69 Å². The number of amidine groups is 1. The third kappa shape index (κ3) is 3.41. The normalized spacial score (nSPS) is 17.4. The van der Waals surface area contributed by atoms with Crippen molar-refractivity contribution in [2.24, 2.45) is 4.99 Å². The minimum atomic E-state index is 0. The molecule has 1 saturated heterocycles. The number of nitrogens with zero attached hydrogens (tertiary/aromatic N) is 1. The third-order valence-electron chi connectivity index (χ3n) is 1.64. The monoisotopic (exact) mass is 262 g/mol. The number of benzene rings is 1. The van der Waals surface area contributed by atoms with Gasteiger partial charge in [-0.15, -0.1) is 12.4 Å². The molecule has 0 atom stereocenters. The Hall–Kier alpha value is -0.710. The second kappa shape index (κ2) is 5.39. The lowest BCUT2D eigenvalue weighted by molar-refractivity contribution is -0.116. The van der Waals surface area contributed by atoms with Crippen LogP contribution in [0.5, 0.6) is 0 Å². The molecule has 2 rings (SSSR count). The summed E-state index contributed by atoms with van der Waals surface area (Å²) in [5.74, 6) is 0.453. The van der Waals surface area contributed by atoms with Gasteiger partial charge in [-0.2, -0.15) is 0 Å². The molecular formula is C9H8Cl2N2OS. The Morgan fingerprint density at radius 2 is 2.00 bits per heavy atom. The fourth-order valence-corrected chi connectivity index (χ4v) is 1.84. The van der Waals surface area contributed by atoms with Crippen molar-refractivity contribution in [1.29, 1.82) is 0 Å². The summed E-state index contributed by atoms with van der Waals surface area (Å²) in [5, 5.41) is 3.99. The number of carbonyl (C=O) groups is 1. The Balaban J connectivity index is 0.00000112. The second-order valence-corrected chi connectivity index (χ2v) is 4.13. The Morgan fingerprint density at radius 3 is 2.53 bits per heavy atom. The molecule has 1 aromatic carbocycles. The van der Waals surface area contributed by atoms with Crippen molar-refractivity contribution < 1.29 is 4.79 Å². The van der Waals surface area contributed by atoms with E-state index >= 15 is 0 Å². The maximum absolute atomic E-state index is 10.9. The molecule has 1 aromatic rings. The molecule has 3 nitrogen and oxygen atoms in total. The second-order valence-electron chi connectivity index (χ2n) is 2.73. The van der Waals surface area contributed by atoms with Crippen LogP contribution in [0.25, 0.3) is 0 Å². The van der Waals surface area contributed by atoms with Gasteiger partial charge in [-0.05, 0) is 24.3 Å². The molecule has 0 aliphatic carbocycles. The molecule has 1 aliphatic heterocycles. The molecule has 0 spiro atoms. The van der Waals surface area contributed by atoms with Gasteiger partial charge in [-0.3, -0.25) is 4.79 Å². The van der Waals surface area contributed by atoms with E-state index < -0.39 is 0 Å². The van der Waals surface area contributed by atoms with Crippen LogP contribution in [0.3, 0.4) is 0 Å². The summed E-state index contributed by atoms with van der Waals surface area (Å²) in [4.78, 5) is 15.1. The van der Waals surface area contributed by atoms with Crippen LogP contribution < -0.4 is 5.32 Å². The van der Waals surface area contributed by atoms with E-state index in [1.807, 2.05) is 0 Å². The lowest BCUT2D eigenvalue weighted by atomic mass is 10.3. The van der Waals surface area contributed by atoms with Crippen LogP contribution in [0, 0.1) is 0 Å². The van der Waals surface area contributed by atoms with Gasteiger partial charge in [-0.1, -0.05) is 23.4 Å². The van der Waals surface area contributed by atoms with Gasteiger partial charge < -0.3 is 5.32 Å². The van der Waals surface area contributed by atoms with Gasteiger partial charge in [-0.25, -0.2) is 4.99 Å². The first kappa shape index (κ1) is 12.4. The van der Waals surface area contributed by atoms with E-state index in [2.05, 4.69) is 10.3 Å². The van der Waals surface area contributed by atoms with E-state index in [-0.39, 0.29) is 18.3 Å². The smallest absolute Gasteiger partial charge is 0.236 e. The van der Waals surface area contributed by atoms with Crippen molar-refractivity contribution in [3.8, 4) is 0 Å². The summed E-state index contributed by atoms with van der Waals surface area (Å²) < 4.78 is 0. The average molecular weight is 263 g/mol. The van der Waals surface area contributed by atoms with Crippen molar-refractivity contribution in [2.75, 3.05) is 5.75 Å². The van der Waals surface area contributed by atoms with Gasteiger partial charge in [0.15, 0.2) is 5.17 Å². The predicted octanol–water partition coefficient (Wildman–Crippen LogP) is 2.61. The van der Waals surface area contributed by atoms with Crippen molar-refractivity contribution in [3.05, 3.63) is 29.3 Å². The number of thioether (sulfide) groups is 1. The standard InChI is InChI=1S/C9H7ClN2OS.ClH/c10-6-1-3-7(4-2-6)11-9-12-8(13)5-14-9;/h1-4H,5H2,(H,11,12,13);1H. The molecule has 0 saturated carbocycles. The summed E-state index contributed by atoms with van der Waals surface area (Å²) in [6.07, 6.45) is 0. The Bertz CT molecular complexity index is 392. The first-order valence-electron chi connectivity index (χ1n) is 4.01. The minimum absolute atomic E-state index is 0. The number of amides is 1. The van der Waals surface area contributed by atoms with Crippen molar-refractivity contribution in [2.45, 2.75) is 0 Å². The van der Waals surface area contributed by atoms with Crippen LogP contribution in [-0.2, 0) is 4.79 Å². The predicted molar refractivity (Wildman–Crippen MR) is 66.4 cm³/mol. The zero-order valence-corrected chi connectivity index (χ0v) is 9.96. The fraction of sp³-hybridized carbons (Fsp3) is 0.111. The van der Waals surface area contributed by atoms with E-state index in [0.717, 1.165) is 5.69 Å². The van der Waals surface area contributed by atoms with Crippen LogP contribution >= 0.6 is 35.8 Å². The zero-order valence-electron chi connectivity index (χ0n) is 7.57. The molecule has 0 radical (unpaired) electrons. The number of halogens is 2. The number of hydrogen-bond acceptors (Lipinski definition) is 3. The molecule has 80 valence electrons.